The maximum absolute atomic E-state index is 12.6. The number of nitro groups is 1. The molecule has 0 bridgehead atoms. The van der Waals surface area contributed by atoms with Crippen molar-refractivity contribution in [3.63, 3.8) is 0 Å². The lowest BCUT2D eigenvalue weighted by atomic mass is 10.1. The van der Waals surface area contributed by atoms with Gasteiger partial charge in [-0.2, -0.15) is 0 Å². The molecule has 0 spiro atoms. The summed E-state index contributed by atoms with van der Waals surface area (Å²) in [5, 5.41) is 13.7. The highest BCUT2D eigenvalue weighted by atomic mass is 16.6. The number of hydrogen-bond donors (Lipinski definition) is 1. The van der Waals surface area contributed by atoms with Crippen molar-refractivity contribution >= 4 is 23.0 Å². The minimum atomic E-state index is -0.469. The molecule has 148 valence electrons. The van der Waals surface area contributed by atoms with Gasteiger partial charge in [0.2, 0.25) is 0 Å². The first kappa shape index (κ1) is 19.8. The monoisotopic (exact) mass is 382 g/mol. The molecule has 1 heterocycles. The quantitative estimate of drug-likeness (QED) is 0.630. The summed E-state index contributed by atoms with van der Waals surface area (Å²) in [5.74, 6) is -0.278. The zero-order valence-electron chi connectivity index (χ0n) is 16.5. The Morgan fingerprint density at radius 3 is 2.29 bits per heavy atom. The standard InChI is InChI=1S/C21H26N4O3/c1-15(2)23-10-12-24(13-11-23)18-8-5-17(6-9-18)21(26)22-20-14-19(25(27)28)7-4-16(20)3/h4-9,14-15H,10-13H2,1-3H3,(H,22,26). The molecule has 7 heteroatoms. The van der Waals surface area contributed by atoms with Crippen LogP contribution in [-0.4, -0.2) is 48.0 Å². The SMILES string of the molecule is Cc1ccc([N+](=O)[O-])cc1NC(=O)c1ccc(N2CCN(C(C)C)CC2)cc1. The van der Waals surface area contributed by atoms with Crippen LogP contribution in [0.15, 0.2) is 42.5 Å². The Balaban J connectivity index is 1.66. The summed E-state index contributed by atoms with van der Waals surface area (Å²) in [6, 6.07) is 12.5. The van der Waals surface area contributed by atoms with E-state index >= 15 is 0 Å². The molecular formula is C21H26N4O3. The van der Waals surface area contributed by atoms with Crippen LogP contribution in [0.3, 0.4) is 0 Å². The van der Waals surface area contributed by atoms with Gasteiger partial charge < -0.3 is 10.2 Å². The average Bonchev–Trinajstić information content (AvgIpc) is 2.69. The van der Waals surface area contributed by atoms with Crippen molar-refractivity contribution < 1.29 is 9.72 Å². The lowest BCUT2D eigenvalue weighted by molar-refractivity contribution is -0.384. The Kier molecular flexibility index (Phi) is 5.94. The topological polar surface area (TPSA) is 78.7 Å². The Labute approximate surface area is 165 Å². The van der Waals surface area contributed by atoms with Gasteiger partial charge in [-0.05, 0) is 50.6 Å². The van der Waals surface area contributed by atoms with Crippen molar-refractivity contribution in [1.82, 2.24) is 4.90 Å². The molecule has 7 nitrogen and oxygen atoms in total. The van der Waals surface area contributed by atoms with E-state index in [-0.39, 0.29) is 11.6 Å². The van der Waals surface area contributed by atoms with E-state index < -0.39 is 4.92 Å². The number of benzene rings is 2. The van der Waals surface area contributed by atoms with Crippen LogP contribution in [-0.2, 0) is 0 Å². The molecule has 2 aromatic carbocycles. The van der Waals surface area contributed by atoms with Gasteiger partial charge in [0.1, 0.15) is 0 Å². The van der Waals surface area contributed by atoms with Crippen LogP contribution in [0.5, 0.6) is 0 Å². The van der Waals surface area contributed by atoms with Gasteiger partial charge in [-0.15, -0.1) is 0 Å². The van der Waals surface area contributed by atoms with Crippen LogP contribution in [0.2, 0.25) is 0 Å². The van der Waals surface area contributed by atoms with Gasteiger partial charge in [0, 0.05) is 55.6 Å². The summed E-state index contributed by atoms with van der Waals surface area (Å²) in [6.45, 7) is 10.2. The fourth-order valence-corrected chi connectivity index (χ4v) is 3.37. The van der Waals surface area contributed by atoms with Crippen LogP contribution in [0, 0.1) is 17.0 Å². The summed E-state index contributed by atoms with van der Waals surface area (Å²) in [6.07, 6.45) is 0. The van der Waals surface area contributed by atoms with Crippen LogP contribution < -0.4 is 10.2 Å². The van der Waals surface area contributed by atoms with Gasteiger partial charge in [0.25, 0.3) is 11.6 Å². The lowest BCUT2D eigenvalue weighted by Gasteiger charge is -2.38. The van der Waals surface area contributed by atoms with Crippen molar-refractivity contribution in [2.24, 2.45) is 0 Å². The largest absolute Gasteiger partial charge is 0.369 e. The van der Waals surface area contributed by atoms with Crippen molar-refractivity contribution in [3.05, 3.63) is 63.7 Å². The number of carbonyl (C=O) groups excluding carboxylic acids is 1. The molecule has 3 rings (SSSR count). The van der Waals surface area contributed by atoms with Crippen molar-refractivity contribution in [1.29, 1.82) is 0 Å². The number of piperazine rings is 1. The Bertz CT molecular complexity index is 856. The summed E-state index contributed by atoms with van der Waals surface area (Å²) in [5.41, 5.74) is 2.81. The van der Waals surface area contributed by atoms with Crippen LogP contribution in [0.1, 0.15) is 29.8 Å². The predicted molar refractivity (Wildman–Crippen MR) is 111 cm³/mol. The number of hydrogen-bond acceptors (Lipinski definition) is 5. The molecule has 2 aromatic rings. The lowest BCUT2D eigenvalue weighted by Crippen LogP contribution is -2.48. The molecular weight excluding hydrogens is 356 g/mol. The zero-order chi connectivity index (χ0) is 20.3. The molecule has 0 aliphatic carbocycles. The van der Waals surface area contributed by atoms with Crippen molar-refractivity contribution in [2.45, 2.75) is 26.8 Å². The molecule has 0 radical (unpaired) electrons. The fourth-order valence-electron chi connectivity index (χ4n) is 3.37. The fraction of sp³-hybridized carbons (Fsp3) is 0.381. The normalized spacial score (nSPS) is 14.9. The Morgan fingerprint density at radius 2 is 1.71 bits per heavy atom. The third-order valence-corrected chi connectivity index (χ3v) is 5.22. The van der Waals surface area contributed by atoms with E-state index in [1.165, 1.54) is 12.1 Å². The van der Waals surface area contributed by atoms with E-state index in [1.807, 2.05) is 12.1 Å². The van der Waals surface area contributed by atoms with E-state index in [0.717, 1.165) is 37.4 Å². The Hall–Kier alpha value is -2.93. The maximum atomic E-state index is 12.6. The van der Waals surface area contributed by atoms with Crippen LogP contribution in [0.25, 0.3) is 0 Å². The molecule has 0 saturated carbocycles. The number of nitrogens with zero attached hydrogens (tertiary/aromatic N) is 3. The third-order valence-electron chi connectivity index (χ3n) is 5.22. The molecule has 1 amide bonds. The van der Waals surface area contributed by atoms with Gasteiger partial charge in [-0.25, -0.2) is 0 Å². The molecule has 28 heavy (non-hydrogen) atoms. The number of aryl methyl sites for hydroxylation is 1. The van der Waals surface area contributed by atoms with Gasteiger partial charge in [0.05, 0.1) is 10.6 Å². The van der Waals surface area contributed by atoms with E-state index in [4.69, 9.17) is 0 Å². The number of nitro benzene ring substituents is 1. The first-order valence-corrected chi connectivity index (χ1v) is 9.50. The second kappa shape index (κ2) is 8.39. The van der Waals surface area contributed by atoms with Crippen molar-refractivity contribution in [2.75, 3.05) is 36.4 Å². The highest BCUT2D eigenvalue weighted by Gasteiger charge is 2.19. The highest BCUT2D eigenvalue weighted by molar-refractivity contribution is 6.05. The molecule has 1 saturated heterocycles. The summed E-state index contributed by atoms with van der Waals surface area (Å²) in [4.78, 5) is 27.8. The van der Waals surface area contributed by atoms with Crippen molar-refractivity contribution in [3.8, 4) is 0 Å². The number of amides is 1. The van der Waals surface area contributed by atoms with Gasteiger partial charge in [-0.3, -0.25) is 19.8 Å². The van der Waals surface area contributed by atoms with Gasteiger partial charge in [-0.1, -0.05) is 6.07 Å². The van der Waals surface area contributed by atoms with E-state index in [0.29, 0.717) is 17.3 Å². The van der Waals surface area contributed by atoms with E-state index in [1.54, 1.807) is 25.1 Å². The highest BCUT2D eigenvalue weighted by Crippen LogP contribution is 2.23. The number of nitrogens with one attached hydrogen (secondary N) is 1. The summed E-state index contributed by atoms with van der Waals surface area (Å²) < 4.78 is 0. The molecule has 1 N–H and O–H groups in total. The molecule has 0 atom stereocenters. The average molecular weight is 382 g/mol. The zero-order valence-corrected chi connectivity index (χ0v) is 16.5. The number of anilines is 2. The number of non-ortho nitro benzene ring substituents is 1. The molecule has 0 aromatic heterocycles. The molecule has 1 aliphatic rings. The minimum Gasteiger partial charge on any atom is -0.369 e. The van der Waals surface area contributed by atoms with Gasteiger partial charge >= 0.3 is 0 Å². The Morgan fingerprint density at radius 1 is 1.07 bits per heavy atom. The predicted octanol–water partition coefficient (Wildman–Crippen LogP) is 3.69. The maximum Gasteiger partial charge on any atom is 0.271 e. The third kappa shape index (κ3) is 4.48. The van der Waals surface area contributed by atoms with Crippen LogP contribution >= 0.6 is 0 Å². The molecule has 0 unspecified atom stereocenters. The minimum absolute atomic E-state index is 0.0446. The van der Waals surface area contributed by atoms with Crippen LogP contribution in [0.4, 0.5) is 17.1 Å². The van der Waals surface area contributed by atoms with Gasteiger partial charge in [0.15, 0.2) is 0 Å². The second-order valence-electron chi connectivity index (χ2n) is 7.37. The first-order valence-electron chi connectivity index (χ1n) is 9.50. The number of carbonyl (C=O) groups is 1. The first-order chi connectivity index (χ1) is 13.3. The van der Waals surface area contributed by atoms with E-state index in [2.05, 4.69) is 29.0 Å². The summed E-state index contributed by atoms with van der Waals surface area (Å²) >= 11 is 0. The second-order valence-corrected chi connectivity index (χ2v) is 7.37. The smallest absolute Gasteiger partial charge is 0.271 e. The molecule has 1 fully saturated rings. The van der Waals surface area contributed by atoms with E-state index in [9.17, 15) is 14.9 Å². The number of rotatable bonds is 5. The molecule has 1 aliphatic heterocycles. The summed E-state index contributed by atoms with van der Waals surface area (Å²) in [7, 11) is 0.